The molecule has 0 bridgehead atoms. The Bertz CT molecular complexity index is 310. The van der Waals surface area contributed by atoms with E-state index in [9.17, 15) is 0 Å². The van der Waals surface area contributed by atoms with E-state index < -0.39 is 0 Å². The maximum atomic E-state index is 3.48. The molecule has 0 amide bonds. The monoisotopic (exact) mass is 218 g/mol. The second kappa shape index (κ2) is 5.46. The molecule has 1 aliphatic rings. The van der Waals surface area contributed by atoms with Crippen molar-refractivity contribution < 1.29 is 0 Å². The van der Waals surface area contributed by atoms with Gasteiger partial charge in [0.1, 0.15) is 0 Å². The molecule has 1 fully saturated rings. The molecule has 1 aromatic rings. The summed E-state index contributed by atoms with van der Waals surface area (Å²) in [6.07, 6.45) is 0. The molecule has 2 heteroatoms. The molecule has 0 spiro atoms. The van der Waals surface area contributed by atoms with Gasteiger partial charge in [-0.05, 0) is 18.4 Å². The van der Waals surface area contributed by atoms with Gasteiger partial charge in [-0.3, -0.25) is 4.90 Å². The van der Waals surface area contributed by atoms with Crippen LogP contribution in [0.4, 0.5) is 0 Å². The Labute approximate surface area is 98.7 Å². The molecule has 2 rings (SSSR count). The summed E-state index contributed by atoms with van der Waals surface area (Å²) in [5.41, 5.74) is 1.45. The van der Waals surface area contributed by atoms with Crippen molar-refractivity contribution in [2.45, 2.75) is 25.8 Å². The molecule has 1 heterocycles. The molecule has 2 atom stereocenters. The Morgan fingerprint density at radius 3 is 2.81 bits per heavy atom. The van der Waals surface area contributed by atoms with Gasteiger partial charge in [0.15, 0.2) is 0 Å². The Hall–Kier alpha value is -0.860. The summed E-state index contributed by atoms with van der Waals surface area (Å²) in [7, 11) is 0. The summed E-state index contributed by atoms with van der Waals surface area (Å²) in [5, 5.41) is 3.48. The third-order valence-electron chi connectivity index (χ3n) is 3.35. The number of nitrogens with one attached hydrogen (secondary N) is 1. The number of benzene rings is 1. The van der Waals surface area contributed by atoms with Crippen LogP contribution in [-0.4, -0.2) is 37.1 Å². The van der Waals surface area contributed by atoms with Gasteiger partial charge in [0.2, 0.25) is 0 Å². The lowest BCUT2D eigenvalue weighted by Crippen LogP contribution is -2.49. The molecular weight excluding hydrogens is 196 g/mol. The van der Waals surface area contributed by atoms with Crippen molar-refractivity contribution in [1.29, 1.82) is 0 Å². The first-order chi connectivity index (χ1) is 7.75. The number of nitrogens with zero attached hydrogens (tertiary/aromatic N) is 1. The van der Waals surface area contributed by atoms with Gasteiger partial charge in [0.25, 0.3) is 0 Å². The maximum absolute atomic E-state index is 3.48. The van der Waals surface area contributed by atoms with E-state index in [1.807, 2.05) is 0 Å². The van der Waals surface area contributed by atoms with E-state index >= 15 is 0 Å². The second-order valence-electron chi connectivity index (χ2n) is 4.93. The standard InChI is InChI=1S/C14H22N2/c1-12(14-6-4-3-5-7-14)10-16-9-8-15-13(2)11-16/h3-7,12-13,15H,8-11H2,1-2H3. The van der Waals surface area contributed by atoms with Crippen molar-refractivity contribution in [3.63, 3.8) is 0 Å². The minimum absolute atomic E-state index is 0.631. The summed E-state index contributed by atoms with van der Waals surface area (Å²) < 4.78 is 0. The molecule has 0 aliphatic carbocycles. The summed E-state index contributed by atoms with van der Waals surface area (Å²) in [4.78, 5) is 2.57. The molecule has 1 saturated heterocycles. The van der Waals surface area contributed by atoms with Gasteiger partial charge in [-0.25, -0.2) is 0 Å². The Morgan fingerprint density at radius 1 is 1.38 bits per heavy atom. The van der Waals surface area contributed by atoms with Gasteiger partial charge in [-0.15, -0.1) is 0 Å². The quantitative estimate of drug-likeness (QED) is 0.835. The molecular formula is C14H22N2. The lowest BCUT2D eigenvalue weighted by Gasteiger charge is -2.33. The number of rotatable bonds is 3. The van der Waals surface area contributed by atoms with E-state index in [0.717, 1.165) is 6.54 Å². The fourth-order valence-corrected chi connectivity index (χ4v) is 2.45. The molecule has 1 aromatic carbocycles. The first-order valence-corrected chi connectivity index (χ1v) is 6.26. The number of piperazine rings is 1. The van der Waals surface area contributed by atoms with Gasteiger partial charge in [-0.1, -0.05) is 37.3 Å². The highest BCUT2D eigenvalue weighted by atomic mass is 15.2. The minimum Gasteiger partial charge on any atom is -0.312 e. The van der Waals surface area contributed by atoms with Crippen molar-refractivity contribution >= 4 is 0 Å². The van der Waals surface area contributed by atoms with Gasteiger partial charge in [-0.2, -0.15) is 0 Å². The average molecular weight is 218 g/mol. The largest absolute Gasteiger partial charge is 0.312 e. The van der Waals surface area contributed by atoms with E-state index in [2.05, 4.69) is 54.4 Å². The zero-order valence-electron chi connectivity index (χ0n) is 10.3. The lowest BCUT2D eigenvalue weighted by atomic mass is 10.0. The molecule has 0 radical (unpaired) electrons. The number of hydrogen-bond donors (Lipinski definition) is 1. The number of hydrogen-bond acceptors (Lipinski definition) is 2. The minimum atomic E-state index is 0.631. The van der Waals surface area contributed by atoms with Gasteiger partial charge < -0.3 is 5.32 Å². The van der Waals surface area contributed by atoms with Crippen molar-refractivity contribution in [2.75, 3.05) is 26.2 Å². The lowest BCUT2D eigenvalue weighted by molar-refractivity contribution is 0.199. The second-order valence-corrected chi connectivity index (χ2v) is 4.93. The van der Waals surface area contributed by atoms with Crippen molar-refractivity contribution in [2.24, 2.45) is 0 Å². The molecule has 2 unspecified atom stereocenters. The van der Waals surface area contributed by atoms with Crippen LogP contribution < -0.4 is 5.32 Å². The summed E-state index contributed by atoms with van der Waals surface area (Å²) in [6.45, 7) is 9.25. The Morgan fingerprint density at radius 2 is 2.12 bits per heavy atom. The first kappa shape index (κ1) is 11.6. The van der Waals surface area contributed by atoms with E-state index in [-0.39, 0.29) is 0 Å². The fraction of sp³-hybridized carbons (Fsp3) is 0.571. The normalized spacial score (nSPS) is 24.2. The molecule has 88 valence electrons. The third kappa shape index (κ3) is 3.06. The van der Waals surface area contributed by atoms with E-state index in [4.69, 9.17) is 0 Å². The predicted molar refractivity (Wildman–Crippen MR) is 68.8 cm³/mol. The Kier molecular flexibility index (Phi) is 3.97. The molecule has 0 saturated carbocycles. The molecule has 1 aliphatic heterocycles. The van der Waals surface area contributed by atoms with Crippen molar-refractivity contribution in [3.8, 4) is 0 Å². The van der Waals surface area contributed by atoms with Crippen LogP contribution in [-0.2, 0) is 0 Å². The molecule has 0 aromatic heterocycles. The van der Waals surface area contributed by atoms with Gasteiger partial charge in [0.05, 0.1) is 0 Å². The molecule has 16 heavy (non-hydrogen) atoms. The summed E-state index contributed by atoms with van der Waals surface area (Å²) >= 11 is 0. The van der Waals surface area contributed by atoms with Crippen molar-refractivity contribution in [3.05, 3.63) is 35.9 Å². The van der Waals surface area contributed by atoms with Gasteiger partial charge in [0, 0.05) is 32.2 Å². The van der Waals surface area contributed by atoms with Crippen LogP contribution >= 0.6 is 0 Å². The van der Waals surface area contributed by atoms with Crippen LogP contribution in [0, 0.1) is 0 Å². The van der Waals surface area contributed by atoms with E-state index in [0.29, 0.717) is 12.0 Å². The molecule has 2 nitrogen and oxygen atoms in total. The smallest absolute Gasteiger partial charge is 0.0167 e. The average Bonchev–Trinajstić information content (AvgIpc) is 2.30. The van der Waals surface area contributed by atoms with Crippen LogP contribution in [0.3, 0.4) is 0 Å². The maximum Gasteiger partial charge on any atom is 0.0167 e. The van der Waals surface area contributed by atoms with Crippen molar-refractivity contribution in [1.82, 2.24) is 10.2 Å². The highest BCUT2D eigenvalue weighted by Crippen LogP contribution is 2.16. The fourth-order valence-electron chi connectivity index (χ4n) is 2.45. The highest BCUT2D eigenvalue weighted by molar-refractivity contribution is 5.19. The zero-order valence-corrected chi connectivity index (χ0v) is 10.3. The van der Waals surface area contributed by atoms with Crippen LogP contribution in [0.5, 0.6) is 0 Å². The summed E-state index contributed by atoms with van der Waals surface area (Å²) in [5.74, 6) is 0.631. The first-order valence-electron chi connectivity index (χ1n) is 6.26. The predicted octanol–water partition coefficient (Wildman–Crippen LogP) is 2.08. The summed E-state index contributed by atoms with van der Waals surface area (Å²) in [6, 6.07) is 11.4. The van der Waals surface area contributed by atoms with Crippen LogP contribution in [0.15, 0.2) is 30.3 Å². The Balaban J connectivity index is 1.89. The SMILES string of the molecule is CC1CN(CC(C)c2ccccc2)CCN1. The van der Waals surface area contributed by atoms with E-state index in [1.54, 1.807) is 0 Å². The van der Waals surface area contributed by atoms with Crippen LogP contribution in [0.25, 0.3) is 0 Å². The van der Waals surface area contributed by atoms with Crippen LogP contribution in [0.1, 0.15) is 25.3 Å². The van der Waals surface area contributed by atoms with Crippen LogP contribution in [0.2, 0.25) is 0 Å². The molecule has 1 N–H and O–H groups in total. The zero-order chi connectivity index (χ0) is 11.4. The topological polar surface area (TPSA) is 15.3 Å². The van der Waals surface area contributed by atoms with E-state index in [1.165, 1.54) is 25.2 Å². The third-order valence-corrected chi connectivity index (χ3v) is 3.35. The van der Waals surface area contributed by atoms with Gasteiger partial charge >= 0.3 is 0 Å². The highest BCUT2D eigenvalue weighted by Gasteiger charge is 2.17.